The Balaban J connectivity index is 1.24. The van der Waals surface area contributed by atoms with E-state index >= 15 is 0 Å². The summed E-state index contributed by atoms with van der Waals surface area (Å²) in [4.78, 5) is 19.8. The number of hydrogen-bond acceptors (Lipinski definition) is 3. The molecule has 1 aliphatic carbocycles. The fourth-order valence-corrected chi connectivity index (χ4v) is 4.61. The standard InChI is InChI=1S/C20H29N3O/c24-20(23-12-9-17-5-1-4-8-19(17)23)10-11-21-13-15-22(16-14-21)18-6-2-3-7-18/h1,4-5,8,18H,2-3,6-7,9-16H2. The van der Waals surface area contributed by atoms with Gasteiger partial charge in [0.15, 0.2) is 0 Å². The van der Waals surface area contributed by atoms with Crippen LogP contribution in [0.1, 0.15) is 37.7 Å². The fourth-order valence-electron chi connectivity index (χ4n) is 4.61. The lowest BCUT2D eigenvalue weighted by molar-refractivity contribution is -0.119. The molecule has 1 saturated carbocycles. The topological polar surface area (TPSA) is 26.8 Å². The van der Waals surface area contributed by atoms with Crippen LogP contribution in [0.25, 0.3) is 0 Å². The first-order valence-corrected chi connectivity index (χ1v) is 9.66. The van der Waals surface area contributed by atoms with Gasteiger partial charge < -0.3 is 9.80 Å². The van der Waals surface area contributed by atoms with E-state index < -0.39 is 0 Å². The first kappa shape index (κ1) is 16.1. The number of nitrogens with zero attached hydrogens (tertiary/aromatic N) is 3. The second kappa shape index (κ2) is 7.24. The van der Waals surface area contributed by atoms with E-state index in [9.17, 15) is 4.79 Å². The summed E-state index contributed by atoms with van der Waals surface area (Å²) >= 11 is 0. The van der Waals surface area contributed by atoms with Crippen molar-refractivity contribution in [3.05, 3.63) is 29.8 Å². The predicted octanol–water partition coefficient (Wildman–Crippen LogP) is 2.53. The Morgan fingerprint density at radius 1 is 1.00 bits per heavy atom. The monoisotopic (exact) mass is 327 g/mol. The zero-order chi connectivity index (χ0) is 16.4. The molecule has 24 heavy (non-hydrogen) atoms. The van der Waals surface area contributed by atoms with Crippen LogP contribution in [0.4, 0.5) is 5.69 Å². The fraction of sp³-hybridized carbons (Fsp3) is 0.650. The van der Waals surface area contributed by atoms with Gasteiger partial charge in [-0.15, -0.1) is 0 Å². The lowest BCUT2D eigenvalue weighted by atomic mass is 10.1. The van der Waals surface area contributed by atoms with Crippen LogP contribution in [-0.4, -0.2) is 61.0 Å². The summed E-state index contributed by atoms with van der Waals surface area (Å²) in [7, 11) is 0. The molecule has 1 amide bonds. The predicted molar refractivity (Wildman–Crippen MR) is 97.4 cm³/mol. The van der Waals surface area contributed by atoms with Crippen molar-refractivity contribution in [2.45, 2.75) is 44.6 Å². The van der Waals surface area contributed by atoms with Crippen LogP contribution >= 0.6 is 0 Å². The van der Waals surface area contributed by atoms with Crippen LogP contribution in [0.15, 0.2) is 24.3 Å². The largest absolute Gasteiger partial charge is 0.312 e. The first-order chi connectivity index (χ1) is 11.8. The Morgan fingerprint density at radius 2 is 1.75 bits per heavy atom. The normalized spacial score (nSPS) is 22.9. The Hall–Kier alpha value is -1.39. The third-order valence-corrected chi connectivity index (χ3v) is 6.08. The van der Waals surface area contributed by atoms with Crippen molar-refractivity contribution in [2.75, 3.05) is 44.2 Å². The van der Waals surface area contributed by atoms with Crippen molar-refractivity contribution >= 4 is 11.6 Å². The van der Waals surface area contributed by atoms with Gasteiger partial charge in [-0.05, 0) is 30.9 Å². The van der Waals surface area contributed by atoms with Crippen LogP contribution in [-0.2, 0) is 11.2 Å². The molecule has 4 nitrogen and oxygen atoms in total. The Bertz CT molecular complexity index is 574. The van der Waals surface area contributed by atoms with Gasteiger partial charge >= 0.3 is 0 Å². The maximum absolute atomic E-state index is 12.6. The molecule has 0 atom stereocenters. The highest BCUT2D eigenvalue weighted by atomic mass is 16.2. The van der Waals surface area contributed by atoms with Gasteiger partial charge in [0.1, 0.15) is 0 Å². The highest BCUT2D eigenvalue weighted by molar-refractivity contribution is 5.95. The number of carbonyl (C=O) groups excluding carboxylic acids is 1. The highest BCUT2D eigenvalue weighted by Crippen LogP contribution is 2.28. The van der Waals surface area contributed by atoms with Gasteiger partial charge in [-0.2, -0.15) is 0 Å². The molecule has 0 spiro atoms. The lowest BCUT2D eigenvalue weighted by Gasteiger charge is -2.38. The van der Waals surface area contributed by atoms with Crippen molar-refractivity contribution in [3.63, 3.8) is 0 Å². The molecule has 2 fully saturated rings. The Morgan fingerprint density at radius 3 is 2.54 bits per heavy atom. The maximum Gasteiger partial charge on any atom is 0.228 e. The third kappa shape index (κ3) is 3.35. The van der Waals surface area contributed by atoms with E-state index in [0.717, 1.165) is 44.3 Å². The van der Waals surface area contributed by atoms with Gasteiger partial charge in [0.05, 0.1) is 0 Å². The zero-order valence-corrected chi connectivity index (χ0v) is 14.6. The molecule has 1 aromatic rings. The van der Waals surface area contributed by atoms with Gasteiger partial charge in [-0.3, -0.25) is 9.69 Å². The van der Waals surface area contributed by atoms with Crippen LogP contribution < -0.4 is 4.90 Å². The van der Waals surface area contributed by atoms with E-state index in [1.807, 2.05) is 11.0 Å². The number of benzene rings is 1. The molecule has 2 heterocycles. The zero-order valence-electron chi connectivity index (χ0n) is 14.6. The SMILES string of the molecule is O=C(CCN1CCN(C2CCCC2)CC1)N1CCc2ccccc21. The molecular formula is C20H29N3O. The summed E-state index contributed by atoms with van der Waals surface area (Å²) in [6.07, 6.45) is 7.27. The minimum absolute atomic E-state index is 0.290. The van der Waals surface area contributed by atoms with Crippen molar-refractivity contribution in [3.8, 4) is 0 Å². The molecule has 0 bridgehead atoms. The summed E-state index contributed by atoms with van der Waals surface area (Å²) in [5.74, 6) is 0.290. The number of para-hydroxylation sites is 1. The van der Waals surface area contributed by atoms with E-state index in [0.29, 0.717) is 6.42 Å². The number of hydrogen-bond donors (Lipinski definition) is 0. The molecule has 3 aliphatic rings. The van der Waals surface area contributed by atoms with Gasteiger partial charge in [0.25, 0.3) is 0 Å². The van der Waals surface area contributed by atoms with Gasteiger partial charge in [-0.1, -0.05) is 31.0 Å². The van der Waals surface area contributed by atoms with Crippen LogP contribution in [0.2, 0.25) is 0 Å². The van der Waals surface area contributed by atoms with E-state index in [1.165, 1.54) is 44.3 Å². The summed E-state index contributed by atoms with van der Waals surface area (Å²) in [6.45, 7) is 6.39. The van der Waals surface area contributed by atoms with Crippen molar-refractivity contribution < 1.29 is 4.79 Å². The Labute approximate surface area is 145 Å². The second-order valence-electron chi connectivity index (χ2n) is 7.49. The molecule has 2 aliphatic heterocycles. The summed E-state index contributed by atoms with van der Waals surface area (Å²) in [5, 5.41) is 0. The number of rotatable bonds is 4. The summed E-state index contributed by atoms with van der Waals surface area (Å²) < 4.78 is 0. The average molecular weight is 327 g/mol. The smallest absolute Gasteiger partial charge is 0.228 e. The van der Waals surface area contributed by atoms with Crippen molar-refractivity contribution in [2.24, 2.45) is 0 Å². The second-order valence-corrected chi connectivity index (χ2v) is 7.49. The van der Waals surface area contributed by atoms with E-state index in [4.69, 9.17) is 0 Å². The maximum atomic E-state index is 12.6. The number of amides is 1. The Kier molecular flexibility index (Phi) is 4.86. The molecule has 1 saturated heterocycles. The first-order valence-electron chi connectivity index (χ1n) is 9.66. The lowest BCUT2D eigenvalue weighted by Crippen LogP contribution is -2.50. The molecule has 4 heteroatoms. The third-order valence-electron chi connectivity index (χ3n) is 6.08. The highest BCUT2D eigenvalue weighted by Gasteiger charge is 2.27. The number of anilines is 1. The van der Waals surface area contributed by atoms with E-state index in [2.05, 4.69) is 28.0 Å². The van der Waals surface area contributed by atoms with E-state index in [1.54, 1.807) is 0 Å². The van der Waals surface area contributed by atoms with Gasteiger partial charge in [-0.25, -0.2) is 0 Å². The molecule has 130 valence electrons. The molecule has 0 N–H and O–H groups in total. The quantitative estimate of drug-likeness (QED) is 0.850. The molecule has 1 aromatic carbocycles. The minimum atomic E-state index is 0.290. The van der Waals surface area contributed by atoms with Crippen LogP contribution in [0.3, 0.4) is 0 Å². The van der Waals surface area contributed by atoms with Gasteiger partial charge in [0, 0.05) is 57.4 Å². The number of piperazine rings is 1. The average Bonchev–Trinajstić information content (AvgIpc) is 3.30. The number of carbonyl (C=O) groups is 1. The molecule has 0 unspecified atom stereocenters. The summed E-state index contributed by atoms with van der Waals surface area (Å²) in [6, 6.07) is 9.17. The summed E-state index contributed by atoms with van der Waals surface area (Å²) in [5.41, 5.74) is 2.45. The van der Waals surface area contributed by atoms with Crippen LogP contribution in [0, 0.1) is 0 Å². The molecular weight excluding hydrogens is 298 g/mol. The van der Waals surface area contributed by atoms with E-state index in [-0.39, 0.29) is 5.91 Å². The van der Waals surface area contributed by atoms with Crippen molar-refractivity contribution in [1.29, 1.82) is 0 Å². The number of fused-ring (bicyclic) bond motifs is 1. The van der Waals surface area contributed by atoms with Crippen molar-refractivity contribution in [1.82, 2.24) is 9.80 Å². The molecule has 0 aromatic heterocycles. The minimum Gasteiger partial charge on any atom is -0.312 e. The van der Waals surface area contributed by atoms with Crippen LogP contribution in [0.5, 0.6) is 0 Å². The molecule has 0 radical (unpaired) electrons. The van der Waals surface area contributed by atoms with Gasteiger partial charge in [0.2, 0.25) is 5.91 Å². The molecule has 4 rings (SSSR count).